The Kier molecular flexibility index (Phi) is 3.72. The van der Waals surface area contributed by atoms with Crippen LogP contribution in [0.25, 0.3) is 0 Å². The van der Waals surface area contributed by atoms with E-state index in [0.29, 0.717) is 6.54 Å². The van der Waals surface area contributed by atoms with Crippen molar-refractivity contribution in [3.63, 3.8) is 0 Å². The standard InChI is InChI=1S/C11H21N3O/c1-10(13,7-12)8-14-6-4-5-11(2,9-14)15-3/h4-6,8-9,13H2,1-3H3. The second-order valence-corrected chi connectivity index (χ2v) is 5.00. The zero-order chi connectivity index (χ0) is 11.5. The first-order valence-corrected chi connectivity index (χ1v) is 5.38. The Hall–Kier alpha value is -0.630. The minimum absolute atomic E-state index is 0.0796. The molecule has 0 aromatic carbocycles. The number of likely N-dealkylation sites (tertiary alicyclic amines) is 1. The highest BCUT2D eigenvalue weighted by molar-refractivity contribution is 5.04. The average molecular weight is 211 g/mol. The first-order valence-electron chi connectivity index (χ1n) is 5.38. The van der Waals surface area contributed by atoms with Gasteiger partial charge in [0.2, 0.25) is 0 Å². The molecule has 1 aliphatic heterocycles. The highest BCUT2D eigenvalue weighted by Crippen LogP contribution is 2.24. The van der Waals surface area contributed by atoms with Crippen molar-refractivity contribution in [2.24, 2.45) is 5.73 Å². The summed E-state index contributed by atoms with van der Waals surface area (Å²) in [5.41, 5.74) is 5.00. The first-order chi connectivity index (χ1) is 6.91. The van der Waals surface area contributed by atoms with Gasteiger partial charge >= 0.3 is 0 Å². The Morgan fingerprint density at radius 3 is 2.87 bits per heavy atom. The van der Waals surface area contributed by atoms with E-state index in [1.54, 1.807) is 14.0 Å². The summed E-state index contributed by atoms with van der Waals surface area (Å²) < 4.78 is 5.49. The normalized spacial score (nSPS) is 31.9. The molecule has 2 N–H and O–H groups in total. The quantitative estimate of drug-likeness (QED) is 0.747. The first kappa shape index (κ1) is 12.4. The lowest BCUT2D eigenvalue weighted by atomic mass is 9.93. The minimum Gasteiger partial charge on any atom is -0.377 e. The molecule has 4 nitrogen and oxygen atoms in total. The van der Waals surface area contributed by atoms with E-state index in [0.717, 1.165) is 25.9 Å². The van der Waals surface area contributed by atoms with Crippen molar-refractivity contribution in [3.8, 4) is 6.07 Å². The Bertz CT molecular complexity index is 259. The summed E-state index contributed by atoms with van der Waals surface area (Å²) in [5, 5.41) is 8.88. The number of nitrogens with two attached hydrogens (primary N) is 1. The Morgan fingerprint density at radius 1 is 1.67 bits per heavy atom. The maximum absolute atomic E-state index is 8.88. The molecule has 0 aliphatic carbocycles. The smallest absolute Gasteiger partial charge is 0.114 e. The molecule has 86 valence electrons. The lowest BCUT2D eigenvalue weighted by Gasteiger charge is -2.41. The maximum atomic E-state index is 8.88. The van der Waals surface area contributed by atoms with E-state index in [4.69, 9.17) is 15.7 Å². The minimum atomic E-state index is -0.758. The summed E-state index contributed by atoms with van der Waals surface area (Å²) in [4.78, 5) is 2.22. The van der Waals surface area contributed by atoms with Crippen molar-refractivity contribution in [1.29, 1.82) is 5.26 Å². The molecule has 0 spiro atoms. The average Bonchev–Trinajstić information content (AvgIpc) is 2.17. The van der Waals surface area contributed by atoms with Gasteiger partial charge in [-0.2, -0.15) is 5.26 Å². The van der Waals surface area contributed by atoms with Crippen LogP contribution in [-0.4, -0.2) is 42.8 Å². The van der Waals surface area contributed by atoms with Crippen molar-refractivity contribution < 1.29 is 4.74 Å². The summed E-state index contributed by atoms with van der Waals surface area (Å²) in [6.07, 6.45) is 2.18. The zero-order valence-electron chi connectivity index (χ0n) is 9.92. The third kappa shape index (κ3) is 3.45. The van der Waals surface area contributed by atoms with Crippen molar-refractivity contribution in [2.75, 3.05) is 26.7 Å². The molecule has 0 radical (unpaired) electrons. The summed E-state index contributed by atoms with van der Waals surface area (Å²) >= 11 is 0. The number of rotatable bonds is 3. The number of nitrogens with zero attached hydrogens (tertiary/aromatic N) is 2. The second kappa shape index (κ2) is 4.48. The van der Waals surface area contributed by atoms with Gasteiger partial charge in [-0.05, 0) is 33.2 Å². The van der Waals surface area contributed by atoms with Crippen LogP contribution in [0.2, 0.25) is 0 Å². The molecule has 0 bridgehead atoms. The van der Waals surface area contributed by atoms with E-state index >= 15 is 0 Å². The van der Waals surface area contributed by atoms with E-state index in [1.807, 2.05) is 0 Å². The molecular weight excluding hydrogens is 190 g/mol. The van der Waals surface area contributed by atoms with Crippen LogP contribution in [0.4, 0.5) is 0 Å². The molecule has 0 aromatic rings. The molecule has 2 unspecified atom stereocenters. The maximum Gasteiger partial charge on any atom is 0.114 e. The van der Waals surface area contributed by atoms with Crippen LogP contribution in [0, 0.1) is 11.3 Å². The Labute approximate surface area is 92.0 Å². The number of ether oxygens (including phenoxy) is 1. The Morgan fingerprint density at radius 2 is 2.33 bits per heavy atom. The third-order valence-corrected chi connectivity index (χ3v) is 3.04. The summed E-state index contributed by atoms with van der Waals surface area (Å²) in [7, 11) is 1.75. The van der Waals surface area contributed by atoms with Gasteiger partial charge in [0.15, 0.2) is 0 Å². The molecule has 0 amide bonds. The fourth-order valence-electron chi connectivity index (χ4n) is 2.11. The highest BCUT2D eigenvalue weighted by Gasteiger charge is 2.33. The number of piperidine rings is 1. The van der Waals surface area contributed by atoms with E-state index in [9.17, 15) is 0 Å². The van der Waals surface area contributed by atoms with Crippen LogP contribution in [0.1, 0.15) is 26.7 Å². The summed E-state index contributed by atoms with van der Waals surface area (Å²) in [5.74, 6) is 0. The van der Waals surface area contributed by atoms with E-state index in [2.05, 4.69) is 17.9 Å². The lowest BCUT2D eigenvalue weighted by Crippen LogP contribution is -2.54. The molecule has 1 heterocycles. The number of hydrogen-bond donors (Lipinski definition) is 1. The van der Waals surface area contributed by atoms with Gasteiger partial charge in [0.25, 0.3) is 0 Å². The molecular formula is C11H21N3O. The van der Waals surface area contributed by atoms with E-state index in [1.165, 1.54) is 0 Å². The van der Waals surface area contributed by atoms with Crippen LogP contribution >= 0.6 is 0 Å². The van der Waals surface area contributed by atoms with Crippen LogP contribution in [0.3, 0.4) is 0 Å². The molecule has 15 heavy (non-hydrogen) atoms. The van der Waals surface area contributed by atoms with Gasteiger partial charge < -0.3 is 10.5 Å². The molecule has 2 atom stereocenters. The summed E-state index contributed by atoms with van der Waals surface area (Å²) in [6, 6.07) is 2.13. The van der Waals surface area contributed by atoms with Crippen molar-refractivity contribution >= 4 is 0 Å². The van der Waals surface area contributed by atoms with Gasteiger partial charge in [-0.15, -0.1) is 0 Å². The molecule has 1 aliphatic rings. The zero-order valence-corrected chi connectivity index (χ0v) is 9.92. The molecule has 0 saturated carbocycles. The molecule has 1 rings (SSSR count). The van der Waals surface area contributed by atoms with Crippen molar-refractivity contribution in [1.82, 2.24) is 4.90 Å². The highest BCUT2D eigenvalue weighted by atomic mass is 16.5. The van der Waals surface area contributed by atoms with Crippen LogP contribution in [0.5, 0.6) is 0 Å². The fourth-order valence-corrected chi connectivity index (χ4v) is 2.11. The van der Waals surface area contributed by atoms with Gasteiger partial charge in [-0.1, -0.05) is 0 Å². The van der Waals surface area contributed by atoms with E-state index in [-0.39, 0.29) is 5.60 Å². The summed E-state index contributed by atoms with van der Waals surface area (Å²) in [6.45, 7) is 6.36. The SMILES string of the molecule is COC1(C)CCCN(CC(C)(N)C#N)C1. The predicted molar refractivity (Wildman–Crippen MR) is 59.3 cm³/mol. The fraction of sp³-hybridized carbons (Fsp3) is 0.909. The molecule has 0 aromatic heterocycles. The van der Waals surface area contributed by atoms with Crippen LogP contribution in [-0.2, 0) is 4.74 Å². The monoisotopic (exact) mass is 211 g/mol. The van der Waals surface area contributed by atoms with Gasteiger partial charge in [0.1, 0.15) is 5.54 Å². The van der Waals surface area contributed by atoms with Crippen LogP contribution in [0.15, 0.2) is 0 Å². The molecule has 1 fully saturated rings. The predicted octanol–water partition coefficient (Wildman–Crippen LogP) is 0.728. The number of nitriles is 1. The van der Waals surface area contributed by atoms with Crippen molar-refractivity contribution in [3.05, 3.63) is 0 Å². The molecule has 1 saturated heterocycles. The van der Waals surface area contributed by atoms with Crippen LogP contribution < -0.4 is 5.73 Å². The number of hydrogen-bond acceptors (Lipinski definition) is 4. The van der Waals surface area contributed by atoms with Gasteiger partial charge in [0.05, 0.1) is 11.7 Å². The topological polar surface area (TPSA) is 62.3 Å². The number of methoxy groups -OCH3 is 1. The van der Waals surface area contributed by atoms with Gasteiger partial charge in [0, 0.05) is 20.2 Å². The van der Waals surface area contributed by atoms with Gasteiger partial charge in [-0.3, -0.25) is 4.90 Å². The van der Waals surface area contributed by atoms with E-state index < -0.39 is 5.54 Å². The largest absolute Gasteiger partial charge is 0.377 e. The van der Waals surface area contributed by atoms with Gasteiger partial charge in [-0.25, -0.2) is 0 Å². The van der Waals surface area contributed by atoms with Crippen molar-refractivity contribution in [2.45, 2.75) is 37.8 Å². The third-order valence-electron chi connectivity index (χ3n) is 3.04. The lowest BCUT2D eigenvalue weighted by molar-refractivity contribution is -0.0528. The second-order valence-electron chi connectivity index (χ2n) is 5.00. The Balaban J connectivity index is 2.55. The molecule has 4 heteroatoms.